The van der Waals surface area contributed by atoms with Crippen molar-refractivity contribution in [3.63, 3.8) is 0 Å². The normalized spacial score (nSPS) is 15.3. The first-order valence-corrected chi connectivity index (χ1v) is 14.4. The fraction of sp³-hybridized carbons (Fsp3) is 0.438. The van der Waals surface area contributed by atoms with E-state index >= 15 is 0 Å². The van der Waals surface area contributed by atoms with Crippen molar-refractivity contribution in [2.24, 2.45) is 5.92 Å². The number of hydrogen-bond acceptors (Lipinski definition) is 5. The molecule has 0 amide bonds. The minimum absolute atomic E-state index is 0.151. The fourth-order valence-electron chi connectivity index (χ4n) is 5.01. The van der Waals surface area contributed by atoms with E-state index in [0.29, 0.717) is 39.4 Å². The van der Waals surface area contributed by atoms with Crippen molar-refractivity contribution in [2.75, 3.05) is 7.11 Å². The zero-order chi connectivity index (χ0) is 27.9. The van der Waals surface area contributed by atoms with Crippen molar-refractivity contribution in [3.8, 4) is 11.5 Å². The number of rotatable bonds is 11. The number of aromatic nitrogens is 1. The molecule has 0 saturated heterocycles. The Morgan fingerprint density at radius 1 is 0.923 bits per heavy atom. The number of benzene rings is 2. The van der Waals surface area contributed by atoms with Gasteiger partial charge in [0.25, 0.3) is 0 Å². The van der Waals surface area contributed by atoms with Gasteiger partial charge in [-0.2, -0.15) is 0 Å². The zero-order valence-electron chi connectivity index (χ0n) is 23.1. The summed E-state index contributed by atoms with van der Waals surface area (Å²) < 4.78 is 18.1. The van der Waals surface area contributed by atoms with Crippen molar-refractivity contribution in [2.45, 2.75) is 77.4 Å². The van der Waals surface area contributed by atoms with Crippen molar-refractivity contribution in [1.29, 1.82) is 0 Å². The van der Waals surface area contributed by atoms with Crippen molar-refractivity contribution >= 4 is 29.2 Å². The van der Waals surface area contributed by atoms with Crippen LogP contribution in [-0.2, 0) is 22.4 Å². The third-order valence-corrected chi connectivity index (χ3v) is 7.88. The van der Waals surface area contributed by atoms with Crippen LogP contribution in [0.4, 0.5) is 0 Å². The number of carbonyl (C=O) groups excluding carboxylic acids is 1. The van der Waals surface area contributed by atoms with Crippen LogP contribution in [0.2, 0.25) is 10.0 Å². The van der Waals surface area contributed by atoms with Crippen LogP contribution in [-0.4, -0.2) is 24.2 Å². The second-order valence-corrected chi connectivity index (χ2v) is 11.5. The number of hydrogen-bond donors (Lipinski definition) is 0. The maximum atomic E-state index is 13.5. The standard InChI is InChI=1S/C32H37Cl2NO4/c1-20(2)15-22-9-11-23(12-10-22)21(3)32(36)39-30(17-26-27(33)18-35-19-28(26)34)24-13-14-29(37-4)31(16-24)38-25-7-5-6-8-25/h9-14,16,18-21,25,30H,5-8,15,17H2,1-4H3. The smallest absolute Gasteiger partial charge is 0.313 e. The first-order valence-electron chi connectivity index (χ1n) is 13.7. The Morgan fingerprint density at radius 3 is 2.18 bits per heavy atom. The number of nitrogens with zero attached hydrogens (tertiary/aromatic N) is 1. The van der Waals surface area contributed by atoms with E-state index < -0.39 is 12.0 Å². The summed E-state index contributed by atoms with van der Waals surface area (Å²) in [5.74, 6) is 1.08. The monoisotopic (exact) mass is 569 g/mol. The summed E-state index contributed by atoms with van der Waals surface area (Å²) >= 11 is 12.9. The highest BCUT2D eigenvalue weighted by atomic mass is 35.5. The van der Waals surface area contributed by atoms with Crippen LogP contribution < -0.4 is 9.47 Å². The lowest BCUT2D eigenvalue weighted by Crippen LogP contribution is -2.19. The largest absolute Gasteiger partial charge is 0.493 e. The molecule has 1 aliphatic carbocycles. The molecule has 1 fully saturated rings. The number of pyridine rings is 1. The molecule has 0 N–H and O–H groups in total. The second-order valence-electron chi connectivity index (χ2n) is 10.7. The highest BCUT2D eigenvalue weighted by molar-refractivity contribution is 6.35. The molecule has 2 atom stereocenters. The van der Waals surface area contributed by atoms with Gasteiger partial charge in [-0.3, -0.25) is 9.78 Å². The van der Waals surface area contributed by atoms with Crippen LogP contribution in [0.15, 0.2) is 54.9 Å². The van der Waals surface area contributed by atoms with Gasteiger partial charge in [0.2, 0.25) is 0 Å². The van der Waals surface area contributed by atoms with Gasteiger partial charge in [0.1, 0.15) is 6.10 Å². The van der Waals surface area contributed by atoms with Gasteiger partial charge in [-0.15, -0.1) is 0 Å². The zero-order valence-corrected chi connectivity index (χ0v) is 24.6. The van der Waals surface area contributed by atoms with Gasteiger partial charge in [0.05, 0.1) is 29.2 Å². The maximum absolute atomic E-state index is 13.5. The van der Waals surface area contributed by atoms with Crippen molar-refractivity contribution in [3.05, 3.63) is 87.2 Å². The minimum atomic E-state index is -0.644. The summed E-state index contributed by atoms with van der Waals surface area (Å²) in [6.07, 6.45) is 8.23. The summed E-state index contributed by atoms with van der Waals surface area (Å²) in [7, 11) is 1.62. The molecule has 1 saturated carbocycles. The Morgan fingerprint density at radius 2 is 1.56 bits per heavy atom. The summed E-state index contributed by atoms with van der Waals surface area (Å²) in [4.78, 5) is 17.5. The molecule has 0 radical (unpaired) electrons. The number of ether oxygens (including phenoxy) is 3. The van der Waals surface area contributed by atoms with Gasteiger partial charge >= 0.3 is 5.97 Å². The summed E-state index contributed by atoms with van der Waals surface area (Å²) in [6, 6.07) is 13.8. The summed E-state index contributed by atoms with van der Waals surface area (Å²) in [6.45, 7) is 6.25. The highest BCUT2D eigenvalue weighted by Gasteiger charge is 2.27. The van der Waals surface area contributed by atoms with E-state index in [2.05, 4.69) is 31.0 Å². The summed E-state index contributed by atoms with van der Waals surface area (Å²) in [5.41, 5.74) is 3.61. The highest BCUT2D eigenvalue weighted by Crippen LogP contribution is 2.37. The molecular formula is C32H37Cl2NO4. The molecule has 5 nitrogen and oxygen atoms in total. The number of esters is 1. The van der Waals surface area contributed by atoms with Gasteiger partial charge in [-0.25, -0.2) is 0 Å². The molecule has 4 rings (SSSR count). The molecule has 1 aliphatic rings. The van der Waals surface area contributed by atoms with E-state index in [1.807, 2.05) is 37.3 Å². The SMILES string of the molecule is COc1ccc(C(Cc2c(Cl)cncc2Cl)OC(=O)C(C)c2ccc(CC(C)C)cc2)cc1OC1CCCC1. The van der Waals surface area contributed by atoms with Crippen molar-refractivity contribution in [1.82, 2.24) is 4.98 Å². The molecule has 0 bridgehead atoms. The van der Waals surface area contributed by atoms with Crippen LogP contribution in [0, 0.1) is 5.92 Å². The fourth-order valence-corrected chi connectivity index (χ4v) is 5.53. The van der Waals surface area contributed by atoms with E-state index in [-0.39, 0.29) is 12.1 Å². The third-order valence-electron chi connectivity index (χ3n) is 7.23. The first-order chi connectivity index (χ1) is 18.7. The lowest BCUT2D eigenvalue weighted by molar-refractivity contribution is -0.151. The molecule has 0 spiro atoms. The Bertz CT molecular complexity index is 1240. The van der Waals surface area contributed by atoms with E-state index in [1.165, 1.54) is 5.56 Å². The molecule has 0 aliphatic heterocycles. The lowest BCUT2D eigenvalue weighted by atomic mass is 9.96. The van der Waals surface area contributed by atoms with E-state index in [4.69, 9.17) is 37.4 Å². The molecule has 1 aromatic heterocycles. The first kappa shape index (κ1) is 29.2. The van der Waals surface area contributed by atoms with E-state index in [0.717, 1.165) is 43.2 Å². The number of halogens is 2. The van der Waals surface area contributed by atoms with Gasteiger partial charge in [0.15, 0.2) is 11.5 Å². The van der Waals surface area contributed by atoms with Crippen LogP contribution in [0.25, 0.3) is 0 Å². The van der Waals surface area contributed by atoms with Gasteiger partial charge < -0.3 is 14.2 Å². The Kier molecular flexibility index (Phi) is 10.1. The molecule has 3 aromatic rings. The Labute approximate surface area is 241 Å². The van der Waals surface area contributed by atoms with Crippen LogP contribution >= 0.6 is 23.2 Å². The van der Waals surface area contributed by atoms with Gasteiger partial charge in [-0.05, 0) is 79.3 Å². The minimum Gasteiger partial charge on any atom is -0.493 e. The predicted molar refractivity (Wildman–Crippen MR) is 156 cm³/mol. The van der Waals surface area contributed by atoms with Gasteiger partial charge in [-0.1, -0.05) is 67.4 Å². The molecule has 2 aromatic carbocycles. The number of carbonyl (C=O) groups is 1. The molecular weight excluding hydrogens is 533 g/mol. The van der Waals surface area contributed by atoms with Crippen LogP contribution in [0.3, 0.4) is 0 Å². The second kappa shape index (κ2) is 13.5. The predicted octanol–water partition coefficient (Wildman–Crippen LogP) is 8.55. The topological polar surface area (TPSA) is 57.7 Å². The van der Waals surface area contributed by atoms with Crippen LogP contribution in [0.5, 0.6) is 11.5 Å². The summed E-state index contributed by atoms with van der Waals surface area (Å²) in [5, 5.41) is 0.849. The Balaban J connectivity index is 1.61. The van der Waals surface area contributed by atoms with Gasteiger partial charge in [0, 0.05) is 18.8 Å². The number of methoxy groups -OCH3 is 1. The van der Waals surface area contributed by atoms with Crippen molar-refractivity contribution < 1.29 is 19.0 Å². The molecule has 1 heterocycles. The van der Waals surface area contributed by atoms with E-state index in [9.17, 15) is 4.79 Å². The molecule has 208 valence electrons. The van der Waals surface area contributed by atoms with Crippen LogP contribution in [0.1, 0.15) is 80.7 Å². The molecule has 2 unspecified atom stereocenters. The van der Waals surface area contributed by atoms with E-state index in [1.54, 1.807) is 19.5 Å². The molecule has 39 heavy (non-hydrogen) atoms. The third kappa shape index (κ3) is 7.67. The molecule has 7 heteroatoms. The average Bonchev–Trinajstić information content (AvgIpc) is 3.43. The quantitative estimate of drug-likeness (QED) is 0.216. The lowest BCUT2D eigenvalue weighted by Gasteiger charge is -2.24. The Hall–Kier alpha value is -2.76. The average molecular weight is 571 g/mol. The maximum Gasteiger partial charge on any atom is 0.313 e.